The van der Waals surface area contributed by atoms with Crippen molar-refractivity contribution in [3.05, 3.63) is 42.4 Å². The van der Waals surface area contributed by atoms with Crippen molar-refractivity contribution in [1.82, 2.24) is 15.6 Å². The second-order valence-electron chi connectivity index (χ2n) is 4.58. The Balaban J connectivity index is 1.71. The number of hydrogen-bond donors (Lipinski definition) is 2. The van der Waals surface area contributed by atoms with Crippen LogP contribution in [0.25, 0.3) is 11.3 Å². The van der Waals surface area contributed by atoms with E-state index in [4.69, 9.17) is 4.42 Å². The van der Waals surface area contributed by atoms with Crippen LogP contribution < -0.4 is 10.6 Å². The van der Waals surface area contributed by atoms with Crippen LogP contribution in [-0.2, 0) is 6.54 Å². The lowest BCUT2D eigenvalue weighted by molar-refractivity contribution is 0.570. The van der Waals surface area contributed by atoms with Crippen molar-refractivity contribution >= 4 is 5.96 Å². The van der Waals surface area contributed by atoms with Crippen LogP contribution in [0, 0.1) is 0 Å². The summed E-state index contributed by atoms with van der Waals surface area (Å²) in [6.07, 6.45) is 1.48. The predicted molar refractivity (Wildman–Crippen MR) is 73.7 cm³/mol. The molecule has 0 saturated heterocycles. The molecule has 1 aliphatic heterocycles. The van der Waals surface area contributed by atoms with Crippen LogP contribution in [-0.4, -0.2) is 23.5 Å². The monoisotopic (exact) mass is 256 g/mol. The molecule has 1 aliphatic rings. The minimum atomic E-state index is 0.397. The van der Waals surface area contributed by atoms with E-state index in [0.29, 0.717) is 12.6 Å². The van der Waals surface area contributed by atoms with Crippen molar-refractivity contribution in [2.45, 2.75) is 19.5 Å². The topological polar surface area (TPSA) is 62.5 Å². The molecule has 5 nitrogen and oxygen atoms in total. The fourth-order valence-electron chi connectivity index (χ4n) is 2.05. The lowest BCUT2D eigenvalue weighted by Crippen LogP contribution is -2.37. The number of oxazole rings is 1. The van der Waals surface area contributed by atoms with Crippen molar-refractivity contribution < 1.29 is 4.42 Å². The van der Waals surface area contributed by atoms with Crippen LogP contribution in [0.4, 0.5) is 0 Å². The molecule has 0 radical (unpaired) electrons. The Kier molecular flexibility index (Phi) is 3.18. The maximum atomic E-state index is 5.48. The van der Waals surface area contributed by atoms with Gasteiger partial charge in [0, 0.05) is 11.6 Å². The predicted octanol–water partition coefficient (Wildman–Crippen LogP) is 1.78. The Hall–Kier alpha value is -2.30. The van der Waals surface area contributed by atoms with Gasteiger partial charge in [0.25, 0.3) is 0 Å². The lowest BCUT2D eigenvalue weighted by Gasteiger charge is -2.08. The van der Waals surface area contributed by atoms with Crippen LogP contribution in [0.5, 0.6) is 0 Å². The summed E-state index contributed by atoms with van der Waals surface area (Å²) in [5, 5.41) is 6.50. The molecule has 0 aliphatic carbocycles. The van der Waals surface area contributed by atoms with Crippen LogP contribution in [0.1, 0.15) is 12.6 Å². The van der Waals surface area contributed by atoms with E-state index in [1.54, 1.807) is 0 Å². The fraction of sp³-hybridized carbons (Fsp3) is 0.286. The summed E-state index contributed by atoms with van der Waals surface area (Å²) in [7, 11) is 0. The van der Waals surface area contributed by atoms with Crippen LogP contribution in [0.3, 0.4) is 0 Å². The number of aliphatic imine (C=N–C) groups is 1. The number of aromatic nitrogens is 1. The summed E-state index contributed by atoms with van der Waals surface area (Å²) in [5.41, 5.74) is 1.92. The highest BCUT2D eigenvalue weighted by Gasteiger charge is 2.14. The summed E-state index contributed by atoms with van der Waals surface area (Å²) >= 11 is 0. The zero-order valence-electron chi connectivity index (χ0n) is 10.8. The van der Waals surface area contributed by atoms with Crippen LogP contribution >= 0.6 is 0 Å². The van der Waals surface area contributed by atoms with Gasteiger partial charge in [0.05, 0.1) is 13.1 Å². The second-order valence-corrected chi connectivity index (χ2v) is 4.58. The highest BCUT2D eigenvalue weighted by Crippen LogP contribution is 2.22. The zero-order chi connectivity index (χ0) is 13.1. The van der Waals surface area contributed by atoms with Gasteiger partial charge >= 0.3 is 0 Å². The quantitative estimate of drug-likeness (QED) is 0.878. The smallest absolute Gasteiger partial charge is 0.191 e. The molecule has 3 rings (SSSR count). The first-order valence-corrected chi connectivity index (χ1v) is 6.35. The minimum absolute atomic E-state index is 0.397. The molecule has 1 aromatic carbocycles. The largest absolute Gasteiger partial charge is 0.443 e. The molecule has 19 heavy (non-hydrogen) atoms. The Morgan fingerprint density at radius 1 is 1.37 bits per heavy atom. The molecule has 98 valence electrons. The minimum Gasteiger partial charge on any atom is -0.443 e. The molecule has 0 amide bonds. The molecule has 2 heterocycles. The summed E-state index contributed by atoms with van der Waals surface area (Å²) < 4.78 is 5.48. The molecule has 5 heteroatoms. The molecule has 0 fully saturated rings. The van der Waals surface area contributed by atoms with Gasteiger partial charge in [-0.05, 0) is 6.92 Å². The normalized spacial score (nSPS) is 17.9. The molecule has 1 unspecified atom stereocenters. The van der Waals surface area contributed by atoms with Gasteiger partial charge < -0.3 is 15.1 Å². The summed E-state index contributed by atoms with van der Waals surface area (Å²) in [6.45, 7) is 3.51. The van der Waals surface area contributed by atoms with Crippen molar-refractivity contribution in [3.63, 3.8) is 0 Å². The third-order valence-electron chi connectivity index (χ3n) is 3.01. The SMILES string of the molecule is CC1CN=C(NCc2ncoc2-c2ccccc2)N1. The van der Waals surface area contributed by atoms with Gasteiger partial charge in [0.15, 0.2) is 18.1 Å². The van der Waals surface area contributed by atoms with Gasteiger partial charge in [-0.2, -0.15) is 0 Å². The summed E-state index contributed by atoms with van der Waals surface area (Å²) in [6, 6.07) is 10.4. The van der Waals surface area contributed by atoms with E-state index in [1.165, 1.54) is 6.39 Å². The Morgan fingerprint density at radius 3 is 2.95 bits per heavy atom. The number of rotatable bonds is 3. The van der Waals surface area contributed by atoms with E-state index in [-0.39, 0.29) is 0 Å². The fourth-order valence-corrected chi connectivity index (χ4v) is 2.05. The molecular weight excluding hydrogens is 240 g/mol. The number of benzene rings is 1. The third-order valence-corrected chi connectivity index (χ3v) is 3.01. The molecule has 1 aromatic heterocycles. The first-order chi connectivity index (χ1) is 9.33. The zero-order valence-corrected chi connectivity index (χ0v) is 10.8. The van der Waals surface area contributed by atoms with Gasteiger partial charge in [-0.3, -0.25) is 4.99 Å². The number of hydrogen-bond acceptors (Lipinski definition) is 5. The maximum Gasteiger partial charge on any atom is 0.191 e. The van der Waals surface area contributed by atoms with Gasteiger partial charge in [0.2, 0.25) is 0 Å². The van der Waals surface area contributed by atoms with Crippen molar-refractivity contribution in [2.75, 3.05) is 6.54 Å². The van der Waals surface area contributed by atoms with Crippen LogP contribution in [0.15, 0.2) is 46.1 Å². The van der Waals surface area contributed by atoms with Gasteiger partial charge in [-0.25, -0.2) is 4.98 Å². The Bertz CT molecular complexity index is 576. The highest BCUT2D eigenvalue weighted by molar-refractivity contribution is 5.81. The average Bonchev–Trinajstić information content (AvgIpc) is 3.06. The lowest BCUT2D eigenvalue weighted by atomic mass is 10.1. The molecule has 0 saturated carbocycles. The van der Waals surface area contributed by atoms with Crippen molar-refractivity contribution in [3.8, 4) is 11.3 Å². The van der Waals surface area contributed by atoms with Crippen molar-refractivity contribution in [2.24, 2.45) is 4.99 Å². The van der Waals surface area contributed by atoms with E-state index in [1.807, 2.05) is 30.3 Å². The van der Waals surface area contributed by atoms with Crippen LogP contribution in [0.2, 0.25) is 0 Å². The molecule has 2 N–H and O–H groups in total. The maximum absolute atomic E-state index is 5.48. The standard InChI is InChI=1S/C14H16N4O/c1-10-7-15-14(18-10)16-8-12-13(19-9-17-12)11-5-3-2-4-6-11/h2-6,9-10H,7-8H2,1H3,(H2,15,16,18). The molecule has 0 bridgehead atoms. The number of guanidine groups is 1. The van der Waals surface area contributed by atoms with Gasteiger partial charge in [-0.15, -0.1) is 0 Å². The Labute approximate surface area is 111 Å². The molecule has 2 aromatic rings. The second kappa shape index (κ2) is 5.14. The highest BCUT2D eigenvalue weighted by atomic mass is 16.3. The first kappa shape index (κ1) is 11.8. The van der Waals surface area contributed by atoms with E-state index in [9.17, 15) is 0 Å². The summed E-state index contributed by atoms with van der Waals surface area (Å²) in [5.74, 6) is 1.63. The van der Waals surface area contributed by atoms with Crippen molar-refractivity contribution in [1.29, 1.82) is 0 Å². The van der Waals surface area contributed by atoms with Gasteiger partial charge in [0.1, 0.15) is 5.69 Å². The third kappa shape index (κ3) is 2.59. The molecule has 1 atom stereocenters. The van der Waals surface area contributed by atoms with E-state index < -0.39 is 0 Å². The Morgan fingerprint density at radius 2 is 2.21 bits per heavy atom. The number of nitrogens with zero attached hydrogens (tertiary/aromatic N) is 2. The molecule has 0 spiro atoms. The van der Waals surface area contributed by atoms with E-state index >= 15 is 0 Å². The van der Waals surface area contributed by atoms with E-state index in [2.05, 4.69) is 27.5 Å². The average molecular weight is 256 g/mol. The van der Waals surface area contributed by atoms with Gasteiger partial charge in [-0.1, -0.05) is 30.3 Å². The summed E-state index contributed by atoms with van der Waals surface area (Å²) in [4.78, 5) is 8.62. The molecular formula is C14H16N4O. The van der Waals surface area contributed by atoms with E-state index in [0.717, 1.165) is 29.5 Å². The number of nitrogens with one attached hydrogen (secondary N) is 2. The first-order valence-electron chi connectivity index (χ1n) is 6.35.